The summed E-state index contributed by atoms with van der Waals surface area (Å²) < 4.78 is 0. The Hall–Kier alpha value is -1.68. The summed E-state index contributed by atoms with van der Waals surface area (Å²) in [5, 5.41) is 14.4. The molecule has 2 aromatic heterocycles. The summed E-state index contributed by atoms with van der Waals surface area (Å²) in [5.74, 6) is 5.32. The van der Waals surface area contributed by atoms with E-state index in [1.807, 2.05) is 25.3 Å². The Morgan fingerprint density at radius 2 is 2.30 bits per heavy atom. The number of nitrogens with zero attached hydrogens (tertiary/aromatic N) is 1. The first kappa shape index (κ1) is 14.7. The van der Waals surface area contributed by atoms with Gasteiger partial charge in [-0.3, -0.25) is 4.79 Å². The standard InChI is InChI=1S/C14H14N2O2S2/c1-9-6-12(20-11(9)4-3-5-17)14(18)15-7-13-16-10(2)8-19-13/h6,8,17H,5,7H2,1-2H3,(H,15,18). The van der Waals surface area contributed by atoms with Crippen LogP contribution in [0.4, 0.5) is 0 Å². The van der Waals surface area contributed by atoms with E-state index >= 15 is 0 Å². The summed E-state index contributed by atoms with van der Waals surface area (Å²) in [5.41, 5.74) is 1.92. The van der Waals surface area contributed by atoms with E-state index in [1.54, 1.807) is 0 Å². The number of amides is 1. The largest absolute Gasteiger partial charge is 0.384 e. The number of thiazole rings is 1. The molecule has 0 aromatic carbocycles. The second-order valence-corrected chi connectivity index (χ2v) is 6.14. The fourth-order valence-electron chi connectivity index (χ4n) is 1.56. The van der Waals surface area contributed by atoms with Crippen molar-refractivity contribution in [1.29, 1.82) is 0 Å². The molecule has 1 amide bonds. The predicted molar refractivity (Wildman–Crippen MR) is 81.0 cm³/mol. The zero-order chi connectivity index (χ0) is 14.5. The van der Waals surface area contributed by atoms with Crippen LogP contribution in [0.15, 0.2) is 11.4 Å². The third kappa shape index (κ3) is 3.67. The van der Waals surface area contributed by atoms with E-state index in [9.17, 15) is 4.79 Å². The van der Waals surface area contributed by atoms with Gasteiger partial charge in [0, 0.05) is 11.1 Å². The maximum atomic E-state index is 12.0. The van der Waals surface area contributed by atoms with Gasteiger partial charge in [0.15, 0.2) is 0 Å². The molecule has 2 N–H and O–H groups in total. The second-order valence-electron chi connectivity index (χ2n) is 4.15. The van der Waals surface area contributed by atoms with Crippen molar-refractivity contribution in [3.8, 4) is 11.8 Å². The van der Waals surface area contributed by atoms with E-state index in [1.165, 1.54) is 22.7 Å². The molecular formula is C14H14N2O2S2. The molecule has 0 unspecified atom stereocenters. The van der Waals surface area contributed by atoms with Gasteiger partial charge in [0.05, 0.1) is 16.3 Å². The van der Waals surface area contributed by atoms with Gasteiger partial charge < -0.3 is 10.4 Å². The third-order valence-corrected chi connectivity index (χ3v) is 4.61. The van der Waals surface area contributed by atoms with Gasteiger partial charge in [-0.05, 0) is 25.5 Å². The smallest absolute Gasteiger partial charge is 0.261 e. The molecule has 0 bridgehead atoms. The molecule has 0 spiro atoms. The van der Waals surface area contributed by atoms with Gasteiger partial charge in [0.1, 0.15) is 11.6 Å². The fraction of sp³-hybridized carbons (Fsp3) is 0.286. The number of rotatable bonds is 3. The molecule has 0 atom stereocenters. The zero-order valence-corrected chi connectivity index (χ0v) is 12.8. The van der Waals surface area contributed by atoms with Crippen molar-refractivity contribution in [2.24, 2.45) is 0 Å². The Labute approximate surface area is 125 Å². The topological polar surface area (TPSA) is 62.2 Å². The number of carbonyl (C=O) groups excluding carboxylic acids is 1. The molecule has 4 nitrogen and oxygen atoms in total. The number of hydrogen-bond acceptors (Lipinski definition) is 5. The summed E-state index contributed by atoms with van der Waals surface area (Å²) in [4.78, 5) is 17.8. The van der Waals surface area contributed by atoms with Gasteiger partial charge in [0.2, 0.25) is 0 Å². The van der Waals surface area contributed by atoms with Gasteiger partial charge in [0.25, 0.3) is 5.91 Å². The highest BCUT2D eigenvalue weighted by Crippen LogP contribution is 2.21. The summed E-state index contributed by atoms with van der Waals surface area (Å²) in [7, 11) is 0. The first-order chi connectivity index (χ1) is 9.60. The highest BCUT2D eigenvalue weighted by molar-refractivity contribution is 7.14. The normalized spacial score (nSPS) is 9.95. The van der Waals surface area contributed by atoms with Crippen LogP contribution in [-0.2, 0) is 6.54 Å². The molecule has 2 aromatic rings. The molecule has 0 aliphatic heterocycles. The molecule has 2 rings (SSSR count). The summed E-state index contributed by atoms with van der Waals surface area (Å²) >= 11 is 2.87. The molecule has 0 aliphatic rings. The van der Waals surface area contributed by atoms with Crippen LogP contribution in [0.1, 0.15) is 30.8 Å². The average Bonchev–Trinajstić information content (AvgIpc) is 3.00. The van der Waals surface area contributed by atoms with Crippen molar-refractivity contribution < 1.29 is 9.90 Å². The Kier molecular flexibility index (Phi) is 4.90. The maximum Gasteiger partial charge on any atom is 0.261 e. The molecule has 0 saturated carbocycles. The lowest BCUT2D eigenvalue weighted by Crippen LogP contribution is -2.21. The number of aliphatic hydroxyl groups excluding tert-OH is 1. The average molecular weight is 306 g/mol. The van der Waals surface area contributed by atoms with Crippen molar-refractivity contribution in [3.63, 3.8) is 0 Å². The number of aromatic nitrogens is 1. The minimum atomic E-state index is -0.178. The van der Waals surface area contributed by atoms with Crippen molar-refractivity contribution in [2.75, 3.05) is 6.61 Å². The summed E-state index contributed by atoms with van der Waals surface area (Å²) in [6.07, 6.45) is 0. The Morgan fingerprint density at radius 1 is 1.50 bits per heavy atom. The van der Waals surface area contributed by atoms with E-state index in [0.717, 1.165) is 21.1 Å². The van der Waals surface area contributed by atoms with E-state index in [-0.39, 0.29) is 12.5 Å². The van der Waals surface area contributed by atoms with E-state index < -0.39 is 0 Å². The number of thiophene rings is 1. The van der Waals surface area contributed by atoms with Crippen LogP contribution < -0.4 is 5.32 Å². The van der Waals surface area contributed by atoms with Crippen molar-refractivity contribution in [3.05, 3.63) is 37.5 Å². The highest BCUT2D eigenvalue weighted by Gasteiger charge is 2.11. The molecule has 104 valence electrons. The lowest BCUT2D eigenvalue weighted by atomic mass is 10.2. The first-order valence-corrected chi connectivity index (χ1v) is 7.69. The highest BCUT2D eigenvalue weighted by atomic mass is 32.1. The SMILES string of the molecule is Cc1csc(CNC(=O)c2cc(C)c(C#CCO)s2)n1. The number of aryl methyl sites for hydroxylation is 2. The van der Waals surface area contributed by atoms with Gasteiger partial charge in [-0.15, -0.1) is 22.7 Å². The van der Waals surface area contributed by atoms with E-state index in [4.69, 9.17) is 5.11 Å². The van der Waals surface area contributed by atoms with Crippen molar-refractivity contribution >= 4 is 28.6 Å². The van der Waals surface area contributed by atoms with Crippen LogP contribution in [0.3, 0.4) is 0 Å². The Balaban J connectivity index is 2.02. The molecule has 0 radical (unpaired) electrons. The first-order valence-electron chi connectivity index (χ1n) is 5.99. The van der Waals surface area contributed by atoms with Crippen molar-refractivity contribution in [2.45, 2.75) is 20.4 Å². The van der Waals surface area contributed by atoms with Crippen LogP contribution >= 0.6 is 22.7 Å². The Bertz CT molecular complexity index is 677. The van der Waals surface area contributed by atoms with Gasteiger partial charge >= 0.3 is 0 Å². The third-order valence-electron chi connectivity index (χ3n) is 2.49. The molecule has 0 fully saturated rings. The molecule has 0 aliphatic carbocycles. The lowest BCUT2D eigenvalue weighted by Gasteiger charge is -1.99. The molecule has 0 saturated heterocycles. The molecule has 20 heavy (non-hydrogen) atoms. The Morgan fingerprint density at radius 3 is 2.95 bits per heavy atom. The van der Waals surface area contributed by atoms with E-state index in [2.05, 4.69) is 22.1 Å². The molecule has 6 heteroatoms. The number of aliphatic hydroxyl groups is 1. The van der Waals surface area contributed by atoms with Crippen LogP contribution in [0.25, 0.3) is 0 Å². The minimum absolute atomic E-state index is 0.122. The molecule has 2 heterocycles. The zero-order valence-electron chi connectivity index (χ0n) is 11.2. The predicted octanol–water partition coefficient (Wildman–Crippen LogP) is 2.10. The quantitative estimate of drug-likeness (QED) is 0.854. The number of hydrogen-bond donors (Lipinski definition) is 2. The lowest BCUT2D eigenvalue weighted by molar-refractivity contribution is 0.0955. The number of carbonyl (C=O) groups is 1. The van der Waals surface area contributed by atoms with Crippen LogP contribution in [-0.4, -0.2) is 22.6 Å². The van der Waals surface area contributed by atoms with Gasteiger partial charge in [-0.25, -0.2) is 4.98 Å². The van der Waals surface area contributed by atoms with Crippen LogP contribution in [0, 0.1) is 25.7 Å². The number of nitrogens with one attached hydrogen (secondary N) is 1. The fourth-order valence-corrected chi connectivity index (χ4v) is 3.24. The summed E-state index contributed by atoms with van der Waals surface area (Å²) in [6, 6.07) is 1.81. The van der Waals surface area contributed by atoms with E-state index in [0.29, 0.717) is 11.4 Å². The van der Waals surface area contributed by atoms with Crippen LogP contribution in [0.2, 0.25) is 0 Å². The van der Waals surface area contributed by atoms with Gasteiger partial charge in [-0.2, -0.15) is 0 Å². The van der Waals surface area contributed by atoms with Gasteiger partial charge in [-0.1, -0.05) is 11.8 Å². The molecular weight excluding hydrogens is 292 g/mol. The maximum absolute atomic E-state index is 12.0. The summed E-state index contributed by atoms with van der Waals surface area (Å²) in [6.45, 7) is 4.09. The minimum Gasteiger partial charge on any atom is -0.384 e. The van der Waals surface area contributed by atoms with Crippen LogP contribution in [0.5, 0.6) is 0 Å². The van der Waals surface area contributed by atoms with Crippen molar-refractivity contribution in [1.82, 2.24) is 10.3 Å². The second kappa shape index (κ2) is 6.66. The monoisotopic (exact) mass is 306 g/mol.